The molecule has 0 saturated carbocycles. The van der Waals surface area contributed by atoms with Crippen LogP contribution >= 0.6 is 11.6 Å². The third-order valence-electron chi connectivity index (χ3n) is 4.12. The smallest absolute Gasteiger partial charge is 0.127 e. The van der Waals surface area contributed by atoms with Gasteiger partial charge in [0.25, 0.3) is 0 Å². The largest absolute Gasteiger partial charge is 0.507 e. The monoisotopic (exact) mass is 258 g/mol. The molecule has 0 radical (unpaired) electrons. The number of aromatic hydroxyl groups is 2. The van der Waals surface area contributed by atoms with Crippen LogP contribution in [0.3, 0.4) is 0 Å². The van der Waals surface area contributed by atoms with Crippen LogP contribution in [0.25, 0.3) is 10.8 Å². The number of phenols is 2. The number of rotatable bonds is 0. The molecule has 0 heterocycles. The summed E-state index contributed by atoms with van der Waals surface area (Å²) in [5.74, 6) is 1.05. The van der Waals surface area contributed by atoms with E-state index in [4.69, 9.17) is 11.6 Å². The molecule has 0 saturated heterocycles. The summed E-state index contributed by atoms with van der Waals surface area (Å²) in [5, 5.41) is 22.7. The predicted molar refractivity (Wildman–Crippen MR) is 71.5 cm³/mol. The molecule has 2 aliphatic carbocycles. The Bertz CT molecular complexity index is 718. The van der Waals surface area contributed by atoms with E-state index in [0.29, 0.717) is 21.5 Å². The first kappa shape index (κ1) is 10.3. The van der Waals surface area contributed by atoms with E-state index < -0.39 is 0 Å². The van der Waals surface area contributed by atoms with Crippen molar-refractivity contribution in [2.45, 2.75) is 18.3 Å². The topological polar surface area (TPSA) is 40.5 Å². The van der Waals surface area contributed by atoms with Gasteiger partial charge in [0.1, 0.15) is 11.5 Å². The van der Waals surface area contributed by atoms with Gasteiger partial charge in [0.2, 0.25) is 0 Å². The molecule has 90 valence electrons. The summed E-state index contributed by atoms with van der Waals surface area (Å²) < 4.78 is 0. The highest BCUT2D eigenvalue weighted by Gasteiger charge is 2.38. The normalized spacial score (nSPS) is 23.8. The maximum atomic E-state index is 10.4. The zero-order valence-corrected chi connectivity index (χ0v) is 10.3. The summed E-state index contributed by atoms with van der Waals surface area (Å²) in [7, 11) is 0. The van der Waals surface area contributed by atoms with Gasteiger partial charge in [0.15, 0.2) is 0 Å². The minimum Gasteiger partial charge on any atom is -0.507 e. The van der Waals surface area contributed by atoms with Crippen molar-refractivity contribution in [3.8, 4) is 11.5 Å². The molecular weight excluding hydrogens is 248 g/mol. The average Bonchev–Trinajstić information content (AvgIpc) is 2.96. The summed E-state index contributed by atoms with van der Waals surface area (Å²) in [6.07, 6.45) is 5.19. The molecule has 4 rings (SSSR count). The summed E-state index contributed by atoms with van der Waals surface area (Å²) in [6.45, 7) is 0. The first-order valence-electron chi connectivity index (χ1n) is 6.02. The fourth-order valence-corrected chi connectivity index (χ4v) is 3.51. The lowest BCUT2D eigenvalue weighted by Crippen LogP contribution is -1.95. The van der Waals surface area contributed by atoms with Crippen LogP contribution in [0.4, 0.5) is 0 Å². The van der Waals surface area contributed by atoms with Crippen molar-refractivity contribution in [1.29, 1.82) is 0 Å². The van der Waals surface area contributed by atoms with E-state index in [1.54, 1.807) is 18.2 Å². The van der Waals surface area contributed by atoms with Crippen molar-refractivity contribution >= 4 is 22.4 Å². The van der Waals surface area contributed by atoms with Crippen molar-refractivity contribution in [2.75, 3.05) is 0 Å². The van der Waals surface area contributed by atoms with Crippen LogP contribution in [0.5, 0.6) is 11.5 Å². The molecule has 2 aromatic carbocycles. The average molecular weight is 259 g/mol. The fraction of sp³-hybridized carbons (Fsp3) is 0.200. The maximum Gasteiger partial charge on any atom is 0.127 e. The molecule has 2 aromatic rings. The van der Waals surface area contributed by atoms with E-state index in [1.165, 1.54) is 0 Å². The molecule has 2 nitrogen and oxygen atoms in total. The van der Waals surface area contributed by atoms with Gasteiger partial charge in [-0.1, -0.05) is 23.8 Å². The van der Waals surface area contributed by atoms with Gasteiger partial charge in [0, 0.05) is 38.8 Å². The number of hydrogen-bond acceptors (Lipinski definition) is 2. The Morgan fingerprint density at radius 2 is 1.56 bits per heavy atom. The van der Waals surface area contributed by atoms with Gasteiger partial charge in [0.05, 0.1) is 0 Å². The van der Waals surface area contributed by atoms with E-state index in [-0.39, 0.29) is 17.6 Å². The molecule has 0 fully saturated rings. The maximum absolute atomic E-state index is 10.4. The SMILES string of the molecule is Oc1c2c(c(O)c3cc(Cl)ccc13)C1C=CC2C1. The van der Waals surface area contributed by atoms with Crippen LogP contribution in [0.1, 0.15) is 29.4 Å². The summed E-state index contributed by atoms with van der Waals surface area (Å²) in [6, 6.07) is 5.21. The summed E-state index contributed by atoms with van der Waals surface area (Å²) in [4.78, 5) is 0. The molecule has 0 aliphatic heterocycles. The second kappa shape index (κ2) is 3.21. The van der Waals surface area contributed by atoms with Gasteiger partial charge >= 0.3 is 0 Å². The van der Waals surface area contributed by atoms with Crippen molar-refractivity contribution in [1.82, 2.24) is 0 Å². The first-order valence-corrected chi connectivity index (χ1v) is 6.40. The number of fused-ring (bicyclic) bond motifs is 6. The lowest BCUT2D eigenvalue weighted by atomic mass is 9.91. The highest BCUT2D eigenvalue weighted by molar-refractivity contribution is 6.31. The van der Waals surface area contributed by atoms with Crippen LogP contribution in [0.15, 0.2) is 30.4 Å². The Labute approximate surface area is 109 Å². The molecule has 3 heteroatoms. The molecule has 18 heavy (non-hydrogen) atoms. The Kier molecular flexibility index (Phi) is 1.83. The van der Waals surface area contributed by atoms with E-state index in [0.717, 1.165) is 17.5 Å². The number of phenolic OH excluding ortho intramolecular Hbond substituents is 2. The highest BCUT2D eigenvalue weighted by Crippen LogP contribution is 2.57. The van der Waals surface area contributed by atoms with Gasteiger partial charge < -0.3 is 10.2 Å². The molecule has 2 N–H and O–H groups in total. The van der Waals surface area contributed by atoms with Gasteiger partial charge in [-0.05, 0) is 24.6 Å². The second-order valence-corrected chi connectivity index (χ2v) is 5.48. The lowest BCUT2D eigenvalue weighted by molar-refractivity contribution is 0.460. The van der Waals surface area contributed by atoms with Gasteiger partial charge in [-0.3, -0.25) is 0 Å². The van der Waals surface area contributed by atoms with Crippen molar-refractivity contribution < 1.29 is 10.2 Å². The lowest BCUT2D eigenvalue weighted by Gasteiger charge is -2.17. The summed E-state index contributed by atoms with van der Waals surface area (Å²) in [5.41, 5.74) is 1.78. The second-order valence-electron chi connectivity index (χ2n) is 5.05. The summed E-state index contributed by atoms with van der Waals surface area (Å²) >= 11 is 5.97. The van der Waals surface area contributed by atoms with Gasteiger partial charge in [-0.25, -0.2) is 0 Å². The standard InChI is InChI=1S/C15H11ClO2/c16-9-3-4-10-11(6-9)15(18)13-8-2-1-7(5-8)12(13)14(10)17/h1-4,6-8,17-18H,5H2. The van der Waals surface area contributed by atoms with Gasteiger partial charge in [-0.2, -0.15) is 0 Å². The van der Waals surface area contributed by atoms with E-state index in [9.17, 15) is 10.2 Å². The van der Waals surface area contributed by atoms with Crippen molar-refractivity contribution in [2.24, 2.45) is 0 Å². The molecule has 2 aliphatic rings. The van der Waals surface area contributed by atoms with Crippen LogP contribution in [-0.2, 0) is 0 Å². The van der Waals surface area contributed by atoms with Crippen LogP contribution in [-0.4, -0.2) is 10.2 Å². The Morgan fingerprint density at radius 3 is 2.22 bits per heavy atom. The number of allylic oxidation sites excluding steroid dienone is 2. The van der Waals surface area contributed by atoms with E-state index in [2.05, 4.69) is 12.2 Å². The van der Waals surface area contributed by atoms with Gasteiger partial charge in [-0.15, -0.1) is 0 Å². The third-order valence-corrected chi connectivity index (χ3v) is 4.35. The Hall–Kier alpha value is -1.67. The molecule has 2 unspecified atom stereocenters. The van der Waals surface area contributed by atoms with E-state index >= 15 is 0 Å². The molecule has 0 amide bonds. The molecule has 0 spiro atoms. The minimum atomic E-state index is 0.235. The Balaban J connectivity index is 2.18. The number of benzene rings is 2. The third kappa shape index (κ3) is 1.09. The molecular formula is C15H11ClO2. The minimum absolute atomic E-state index is 0.235. The van der Waals surface area contributed by atoms with Crippen molar-refractivity contribution in [3.63, 3.8) is 0 Å². The van der Waals surface area contributed by atoms with Crippen LogP contribution in [0, 0.1) is 0 Å². The predicted octanol–water partition coefficient (Wildman–Crippen LogP) is 4.05. The van der Waals surface area contributed by atoms with Crippen LogP contribution in [0.2, 0.25) is 5.02 Å². The number of hydrogen-bond donors (Lipinski definition) is 2. The van der Waals surface area contributed by atoms with Crippen molar-refractivity contribution in [3.05, 3.63) is 46.5 Å². The first-order chi connectivity index (χ1) is 8.66. The zero-order valence-electron chi connectivity index (χ0n) is 9.52. The fourth-order valence-electron chi connectivity index (χ4n) is 3.34. The van der Waals surface area contributed by atoms with Crippen LogP contribution < -0.4 is 0 Å². The Morgan fingerprint density at radius 1 is 0.944 bits per heavy atom. The zero-order chi connectivity index (χ0) is 12.4. The number of halogens is 1. The molecule has 0 aromatic heterocycles. The molecule has 2 bridgehead atoms. The quantitative estimate of drug-likeness (QED) is 0.553. The highest BCUT2D eigenvalue weighted by atomic mass is 35.5. The van der Waals surface area contributed by atoms with E-state index in [1.807, 2.05) is 0 Å². The molecule has 2 atom stereocenters.